The molecule has 5 heteroatoms. The zero-order chi connectivity index (χ0) is 12.5. The van der Waals surface area contributed by atoms with Crippen molar-refractivity contribution in [2.24, 2.45) is 5.41 Å². The lowest BCUT2D eigenvalue weighted by Gasteiger charge is -2.38. The number of nitrogens with one attached hydrogen (secondary N) is 1. The van der Waals surface area contributed by atoms with Gasteiger partial charge in [0.15, 0.2) is 0 Å². The van der Waals surface area contributed by atoms with Crippen molar-refractivity contribution in [1.82, 2.24) is 0 Å². The van der Waals surface area contributed by atoms with Crippen LogP contribution in [-0.4, -0.2) is 19.8 Å². The van der Waals surface area contributed by atoms with E-state index in [2.05, 4.69) is 5.32 Å². The fourth-order valence-electron chi connectivity index (χ4n) is 1.67. The number of alkyl halides is 3. The fraction of sp³-hybridized carbons (Fsp3) is 0.500. The number of hydrogen-bond acceptors (Lipinski definition) is 2. The van der Waals surface area contributed by atoms with Gasteiger partial charge in [0.1, 0.15) is 0 Å². The summed E-state index contributed by atoms with van der Waals surface area (Å²) in [5.41, 5.74) is -0.0979. The molecule has 0 aromatic heterocycles. The minimum absolute atomic E-state index is 0.0359. The Hall–Kier alpha value is -1.23. The quantitative estimate of drug-likeness (QED) is 0.883. The number of anilines is 1. The zero-order valence-corrected chi connectivity index (χ0v) is 9.47. The van der Waals surface area contributed by atoms with Crippen LogP contribution in [0.5, 0.6) is 0 Å². The molecule has 0 unspecified atom stereocenters. The Morgan fingerprint density at radius 3 is 2.59 bits per heavy atom. The second-order valence-corrected chi connectivity index (χ2v) is 4.74. The normalized spacial score (nSPS) is 18.6. The first-order valence-corrected chi connectivity index (χ1v) is 5.38. The molecule has 1 aromatic rings. The number of halogens is 3. The van der Waals surface area contributed by atoms with E-state index in [1.54, 1.807) is 6.07 Å². The molecule has 94 valence electrons. The first kappa shape index (κ1) is 12.2. The highest BCUT2D eigenvalue weighted by molar-refractivity contribution is 5.46. The van der Waals surface area contributed by atoms with E-state index in [4.69, 9.17) is 4.74 Å². The smallest absolute Gasteiger partial charge is 0.384 e. The molecule has 1 heterocycles. The average Bonchev–Trinajstić information content (AvgIpc) is 2.23. The molecule has 0 atom stereocenters. The predicted octanol–water partition coefficient (Wildman–Crippen LogP) is 3.15. The number of benzene rings is 1. The third-order valence-corrected chi connectivity index (χ3v) is 2.81. The number of ether oxygens (including phenoxy) is 1. The van der Waals surface area contributed by atoms with E-state index in [1.165, 1.54) is 6.07 Å². The van der Waals surface area contributed by atoms with Crippen molar-refractivity contribution < 1.29 is 17.9 Å². The minimum Gasteiger partial charge on any atom is -0.384 e. The Bertz CT molecular complexity index is 399. The van der Waals surface area contributed by atoms with Crippen molar-refractivity contribution in [2.45, 2.75) is 13.1 Å². The van der Waals surface area contributed by atoms with Crippen molar-refractivity contribution in [3.63, 3.8) is 0 Å². The largest absolute Gasteiger partial charge is 0.416 e. The molecular formula is C12H14F3NO. The molecule has 0 spiro atoms. The summed E-state index contributed by atoms with van der Waals surface area (Å²) in [4.78, 5) is 0. The van der Waals surface area contributed by atoms with Crippen molar-refractivity contribution in [3.8, 4) is 0 Å². The Morgan fingerprint density at radius 1 is 1.35 bits per heavy atom. The Labute approximate surface area is 97.8 Å². The van der Waals surface area contributed by atoms with Crippen LogP contribution in [0.3, 0.4) is 0 Å². The molecule has 1 aliphatic heterocycles. The van der Waals surface area contributed by atoms with Gasteiger partial charge in [0.05, 0.1) is 18.8 Å². The highest BCUT2D eigenvalue weighted by atomic mass is 19.4. The Kier molecular flexibility index (Phi) is 3.03. The monoisotopic (exact) mass is 245 g/mol. The average molecular weight is 245 g/mol. The Morgan fingerprint density at radius 2 is 2.06 bits per heavy atom. The summed E-state index contributed by atoms with van der Waals surface area (Å²) in [6, 6.07) is 5.24. The van der Waals surface area contributed by atoms with Gasteiger partial charge < -0.3 is 10.1 Å². The molecule has 1 N–H and O–H groups in total. The molecule has 0 saturated carbocycles. The molecule has 0 aliphatic carbocycles. The van der Waals surface area contributed by atoms with E-state index in [0.717, 1.165) is 12.1 Å². The van der Waals surface area contributed by atoms with Gasteiger partial charge in [-0.1, -0.05) is 13.0 Å². The number of rotatable bonds is 3. The van der Waals surface area contributed by atoms with Crippen molar-refractivity contribution in [1.29, 1.82) is 0 Å². The summed E-state index contributed by atoms with van der Waals surface area (Å²) in [5.74, 6) is 0. The topological polar surface area (TPSA) is 21.3 Å². The third kappa shape index (κ3) is 2.91. The van der Waals surface area contributed by atoms with E-state index in [9.17, 15) is 13.2 Å². The molecule has 2 nitrogen and oxygen atoms in total. The predicted molar refractivity (Wildman–Crippen MR) is 58.9 cm³/mol. The van der Waals surface area contributed by atoms with Crippen molar-refractivity contribution >= 4 is 5.69 Å². The van der Waals surface area contributed by atoms with Crippen molar-refractivity contribution in [3.05, 3.63) is 29.8 Å². The zero-order valence-electron chi connectivity index (χ0n) is 9.47. The molecule has 1 aliphatic rings. The summed E-state index contributed by atoms with van der Waals surface area (Å²) >= 11 is 0. The van der Waals surface area contributed by atoms with Crippen LogP contribution in [0.2, 0.25) is 0 Å². The van der Waals surface area contributed by atoms with Gasteiger partial charge >= 0.3 is 6.18 Å². The van der Waals surface area contributed by atoms with Gasteiger partial charge in [-0.15, -0.1) is 0 Å². The lowest BCUT2D eigenvalue weighted by atomic mass is 9.88. The summed E-state index contributed by atoms with van der Waals surface area (Å²) < 4.78 is 42.5. The molecule has 0 bridgehead atoms. The lowest BCUT2D eigenvalue weighted by Crippen LogP contribution is -2.45. The van der Waals surface area contributed by atoms with Gasteiger partial charge in [0.2, 0.25) is 0 Å². The fourth-order valence-corrected chi connectivity index (χ4v) is 1.67. The maximum absolute atomic E-state index is 12.5. The first-order valence-electron chi connectivity index (χ1n) is 5.38. The van der Waals surface area contributed by atoms with Gasteiger partial charge in [-0.3, -0.25) is 0 Å². The van der Waals surface area contributed by atoms with Crippen LogP contribution in [0, 0.1) is 5.41 Å². The molecule has 1 fully saturated rings. The van der Waals surface area contributed by atoms with Gasteiger partial charge in [0, 0.05) is 17.6 Å². The van der Waals surface area contributed by atoms with Gasteiger partial charge in [0.25, 0.3) is 0 Å². The molecular weight excluding hydrogens is 231 g/mol. The van der Waals surface area contributed by atoms with Crippen LogP contribution in [-0.2, 0) is 10.9 Å². The first-order chi connectivity index (χ1) is 7.89. The SMILES string of the molecule is CC1(CNc2cccc(C(F)(F)F)c2)COC1. The summed E-state index contributed by atoms with van der Waals surface area (Å²) in [6.45, 7) is 3.96. The van der Waals surface area contributed by atoms with Crippen LogP contribution in [0.25, 0.3) is 0 Å². The highest BCUT2D eigenvalue weighted by Crippen LogP contribution is 2.31. The van der Waals surface area contributed by atoms with E-state index in [1.807, 2.05) is 6.92 Å². The van der Waals surface area contributed by atoms with Gasteiger partial charge in [-0.2, -0.15) is 13.2 Å². The molecule has 1 aromatic carbocycles. The van der Waals surface area contributed by atoms with Crippen LogP contribution in [0.1, 0.15) is 12.5 Å². The lowest BCUT2D eigenvalue weighted by molar-refractivity contribution is -0.137. The molecule has 0 radical (unpaired) electrons. The maximum atomic E-state index is 12.5. The van der Waals surface area contributed by atoms with Crippen LogP contribution in [0.15, 0.2) is 24.3 Å². The van der Waals surface area contributed by atoms with Crippen LogP contribution < -0.4 is 5.32 Å². The molecule has 17 heavy (non-hydrogen) atoms. The Balaban J connectivity index is 2.01. The minimum atomic E-state index is -4.29. The van der Waals surface area contributed by atoms with E-state index in [0.29, 0.717) is 25.4 Å². The van der Waals surface area contributed by atoms with Crippen molar-refractivity contribution in [2.75, 3.05) is 25.1 Å². The van der Waals surface area contributed by atoms with E-state index < -0.39 is 11.7 Å². The second-order valence-electron chi connectivity index (χ2n) is 4.74. The summed E-state index contributed by atoms with van der Waals surface area (Å²) in [5, 5.41) is 3.02. The number of hydrogen-bond donors (Lipinski definition) is 1. The van der Waals surface area contributed by atoms with E-state index in [-0.39, 0.29) is 5.41 Å². The van der Waals surface area contributed by atoms with E-state index >= 15 is 0 Å². The molecule has 2 rings (SSSR count). The third-order valence-electron chi connectivity index (χ3n) is 2.81. The maximum Gasteiger partial charge on any atom is 0.416 e. The molecule has 1 saturated heterocycles. The summed E-state index contributed by atoms with van der Waals surface area (Å²) in [7, 11) is 0. The standard InChI is InChI=1S/C12H14F3NO/c1-11(7-17-8-11)6-16-10-4-2-3-9(5-10)12(13,14)15/h2-5,16H,6-8H2,1H3. The van der Waals surface area contributed by atoms with Gasteiger partial charge in [-0.05, 0) is 18.2 Å². The molecule has 0 amide bonds. The van der Waals surface area contributed by atoms with Crippen LogP contribution >= 0.6 is 0 Å². The highest BCUT2D eigenvalue weighted by Gasteiger charge is 2.33. The van der Waals surface area contributed by atoms with Gasteiger partial charge in [-0.25, -0.2) is 0 Å². The summed E-state index contributed by atoms with van der Waals surface area (Å²) in [6.07, 6.45) is -4.29. The second kappa shape index (κ2) is 4.22. The van der Waals surface area contributed by atoms with Crippen LogP contribution in [0.4, 0.5) is 18.9 Å².